The molecule has 20 heavy (non-hydrogen) atoms. The fourth-order valence-electron chi connectivity index (χ4n) is 2.85. The van der Waals surface area contributed by atoms with Gasteiger partial charge in [-0.25, -0.2) is 4.39 Å². The van der Waals surface area contributed by atoms with Crippen LogP contribution in [0.2, 0.25) is 0 Å². The fraction of sp³-hybridized carbons (Fsp3) is 0.533. The van der Waals surface area contributed by atoms with Gasteiger partial charge in [0.15, 0.2) is 0 Å². The van der Waals surface area contributed by atoms with Gasteiger partial charge in [-0.2, -0.15) is 0 Å². The molecule has 1 unspecified atom stereocenters. The molecule has 3 nitrogen and oxygen atoms in total. The molecule has 2 rings (SSSR count). The summed E-state index contributed by atoms with van der Waals surface area (Å²) in [6.45, 7) is 5.72. The standard InChI is InChI=1S/C15H19BrFNO2/c1-10(2)15(14(19)20)6-7-18(9-15)8-11-4-3-5-12(17)13(11)16/h3-5,10H,6-9H2,1-2H3,(H,19,20). The SMILES string of the molecule is CC(C)C1(C(=O)O)CCN(Cc2cccc(F)c2Br)C1. The van der Waals surface area contributed by atoms with Crippen molar-refractivity contribution in [1.82, 2.24) is 4.90 Å². The molecule has 1 heterocycles. The number of nitrogens with zero attached hydrogens (tertiary/aromatic N) is 1. The average molecular weight is 344 g/mol. The third kappa shape index (κ3) is 2.74. The molecule has 0 amide bonds. The first kappa shape index (κ1) is 15.4. The zero-order valence-corrected chi connectivity index (χ0v) is 13.3. The Bertz CT molecular complexity index is 521. The Morgan fingerprint density at radius 3 is 2.80 bits per heavy atom. The largest absolute Gasteiger partial charge is 0.481 e. The van der Waals surface area contributed by atoms with Crippen LogP contribution in [0.5, 0.6) is 0 Å². The summed E-state index contributed by atoms with van der Waals surface area (Å²) in [4.78, 5) is 13.7. The van der Waals surface area contributed by atoms with Crippen LogP contribution in [0.15, 0.2) is 22.7 Å². The maximum absolute atomic E-state index is 13.5. The van der Waals surface area contributed by atoms with Crippen LogP contribution in [-0.4, -0.2) is 29.1 Å². The van der Waals surface area contributed by atoms with Crippen molar-refractivity contribution >= 4 is 21.9 Å². The van der Waals surface area contributed by atoms with E-state index in [1.165, 1.54) is 6.07 Å². The van der Waals surface area contributed by atoms with E-state index in [4.69, 9.17) is 0 Å². The minimum absolute atomic E-state index is 0.0842. The first-order chi connectivity index (χ1) is 9.36. The maximum atomic E-state index is 13.5. The number of benzene rings is 1. The molecule has 110 valence electrons. The fourth-order valence-corrected chi connectivity index (χ4v) is 3.24. The van der Waals surface area contributed by atoms with Crippen LogP contribution in [0.3, 0.4) is 0 Å². The molecule has 1 aliphatic rings. The highest BCUT2D eigenvalue weighted by molar-refractivity contribution is 9.10. The Hall–Kier alpha value is -0.940. The summed E-state index contributed by atoms with van der Waals surface area (Å²) in [6, 6.07) is 4.95. The van der Waals surface area contributed by atoms with Gasteiger partial charge in [-0.1, -0.05) is 26.0 Å². The van der Waals surface area contributed by atoms with Gasteiger partial charge in [0.2, 0.25) is 0 Å². The zero-order chi connectivity index (χ0) is 14.9. The summed E-state index contributed by atoms with van der Waals surface area (Å²) in [5.74, 6) is -0.927. The van der Waals surface area contributed by atoms with Crippen molar-refractivity contribution in [3.8, 4) is 0 Å². The number of hydrogen-bond acceptors (Lipinski definition) is 2. The third-order valence-corrected chi connectivity index (χ3v) is 5.22. The molecule has 1 aromatic carbocycles. The summed E-state index contributed by atoms with van der Waals surface area (Å²) in [6.07, 6.45) is 0.646. The molecule has 1 aliphatic heterocycles. The van der Waals surface area contributed by atoms with Crippen LogP contribution < -0.4 is 0 Å². The van der Waals surface area contributed by atoms with Gasteiger partial charge in [0.1, 0.15) is 5.82 Å². The van der Waals surface area contributed by atoms with Gasteiger partial charge in [0, 0.05) is 13.1 Å². The molecule has 1 saturated heterocycles. The predicted octanol–water partition coefficient (Wildman–Crippen LogP) is 3.52. The summed E-state index contributed by atoms with van der Waals surface area (Å²) < 4.78 is 14.0. The van der Waals surface area contributed by atoms with E-state index in [0.29, 0.717) is 24.0 Å². The number of aliphatic carboxylic acids is 1. The van der Waals surface area contributed by atoms with Crippen molar-refractivity contribution in [2.75, 3.05) is 13.1 Å². The first-order valence-corrected chi connectivity index (χ1v) is 7.55. The minimum atomic E-state index is -0.728. The molecule has 0 saturated carbocycles. The second kappa shape index (κ2) is 5.82. The Kier molecular flexibility index (Phi) is 4.49. The van der Waals surface area contributed by atoms with E-state index in [1.54, 1.807) is 6.07 Å². The molecule has 1 fully saturated rings. The van der Waals surface area contributed by atoms with Crippen LogP contribution in [0, 0.1) is 17.2 Å². The van der Waals surface area contributed by atoms with Crippen molar-refractivity contribution in [3.63, 3.8) is 0 Å². The highest BCUT2D eigenvalue weighted by atomic mass is 79.9. The van der Waals surface area contributed by atoms with Crippen molar-refractivity contribution in [3.05, 3.63) is 34.1 Å². The lowest BCUT2D eigenvalue weighted by atomic mass is 9.76. The number of hydrogen-bond donors (Lipinski definition) is 1. The summed E-state index contributed by atoms with van der Waals surface area (Å²) >= 11 is 3.26. The van der Waals surface area contributed by atoms with Gasteiger partial charge in [0.05, 0.1) is 9.89 Å². The van der Waals surface area contributed by atoms with Gasteiger partial charge in [-0.05, 0) is 46.4 Å². The monoisotopic (exact) mass is 343 g/mol. The number of rotatable bonds is 4. The molecule has 0 aliphatic carbocycles. The number of carboxylic acids is 1. The van der Waals surface area contributed by atoms with E-state index in [-0.39, 0.29) is 11.7 Å². The van der Waals surface area contributed by atoms with Crippen molar-refractivity contribution in [2.24, 2.45) is 11.3 Å². The molecular weight excluding hydrogens is 325 g/mol. The van der Waals surface area contributed by atoms with E-state index in [1.807, 2.05) is 19.9 Å². The van der Waals surface area contributed by atoms with E-state index < -0.39 is 11.4 Å². The van der Waals surface area contributed by atoms with E-state index in [2.05, 4.69) is 20.8 Å². The molecule has 1 N–H and O–H groups in total. The molecule has 1 aromatic rings. The number of halogens is 2. The predicted molar refractivity (Wildman–Crippen MR) is 78.9 cm³/mol. The molecule has 5 heteroatoms. The van der Waals surface area contributed by atoms with Gasteiger partial charge in [0.25, 0.3) is 0 Å². The minimum Gasteiger partial charge on any atom is -0.481 e. The van der Waals surface area contributed by atoms with Gasteiger partial charge in [-0.3, -0.25) is 9.69 Å². The first-order valence-electron chi connectivity index (χ1n) is 6.75. The Morgan fingerprint density at radius 2 is 2.25 bits per heavy atom. The van der Waals surface area contributed by atoms with E-state index in [9.17, 15) is 14.3 Å². The number of carbonyl (C=O) groups is 1. The third-order valence-electron chi connectivity index (χ3n) is 4.34. The zero-order valence-electron chi connectivity index (χ0n) is 11.7. The molecule has 1 atom stereocenters. The van der Waals surface area contributed by atoms with Crippen LogP contribution in [0.25, 0.3) is 0 Å². The lowest BCUT2D eigenvalue weighted by Gasteiger charge is -2.29. The van der Waals surface area contributed by atoms with Crippen molar-refractivity contribution in [2.45, 2.75) is 26.8 Å². The molecule has 0 aromatic heterocycles. The molecule has 0 radical (unpaired) electrons. The maximum Gasteiger partial charge on any atom is 0.311 e. The Labute approximate surface area is 126 Å². The highest BCUT2D eigenvalue weighted by Crippen LogP contribution is 2.39. The van der Waals surface area contributed by atoms with Crippen molar-refractivity contribution < 1.29 is 14.3 Å². The van der Waals surface area contributed by atoms with Crippen molar-refractivity contribution in [1.29, 1.82) is 0 Å². The molecular formula is C15H19BrFNO2. The Balaban J connectivity index is 2.14. The van der Waals surface area contributed by atoms with Crippen LogP contribution in [0.4, 0.5) is 4.39 Å². The second-order valence-corrected chi connectivity index (χ2v) is 6.58. The highest BCUT2D eigenvalue weighted by Gasteiger charge is 2.47. The lowest BCUT2D eigenvalue weighted by Crippen LogP contribution is -2.39. The van der Waals surface area contributed by atoms with Gasteiger partial charge < -0.3 is 5.11 Å². The molecule has 0 bridgehead atoms. The average Bonchev–Trinajstić information content (AvgIpc) is 2.80. The number of carboxylic acid groups (broad SMARTS) is 1. The summed E-state index contributed by atoms with van der Waals surface area (Å²) in [5.41, 5.74) is 0.176. The van der Waals surface area contributed by atoms with Crippen LogP contribution in [-0.2, 0) is 11.3 Å². The van der Waals surface area contributed by atoms with E-state index >= 15 is 0 Å². The summed E-state index contributed by atoms with van der Waals surface area (Å²) in [7, 11) is 0. The normalized spacial score (nSPS) is 23.4. The lowest BCUT2D eigenvalue weighted by molar-refractivity contribution is -0.151. The topological polar surface area (TPSA) is 40.5 Å². The van der Waals surface area contributed by atoms with Gasteiger partial charge in [-0.15, -0.1) is 0 Å². The summed E-state index contributed by atoms with van der Waals surface area (Å²) in [5, 5.41) is 9.52. The molecule has 0 spiro atoms. The smallest absolute Gasteiger partial charge is 0.311 e. The van der Waals surface area contributed by atoms with Crippen LogP contribution >= 0.6 is 15.9 Å². The second-order valence-electron chi connectivity index (χ2n) is 5.79. The number of likely N-dealkylation sites (tertiary alicyclic amines) is 1. The van der Waals surface area contributed by atoms with Gasteiger partial charge >= 0.3 is 5.97 Å². The van der Waals surface area contributed by atoms with E-state index in [0.717, 1.165) is 12.1 Å². The quantitative estimate of drug-likeness (QED) is 0.909. The van der Waals surface area contributed by atoms with Crippen LogP contribution in [0.1, 0.15) is 25.8 Å². The Morgan fingerprint density at radius 1 is 1.55 bits per heavy atom.